The van der Waals surface area contributed by atoms with Gasteiger partial charge in [0.1, 0.15) is 0 Å². The molecule has 0 aromatic rings. The molecule has 2 unspecified atom stereocenters. The normalized spacial score (nSPS) is 21.4. The quantitative estimate of drug-likeness (QED) is 0.447. The van der Waals surface area contributed by atoms with Gasteiger partial charge in [-0.15, -0.1) is 0 Å². The zero-order valence-electron chi connectivity index (χ0n) is 11.7. The van der Waals surface area contributed by atoms with Crippen LogP contribution in [-0.2, 0) is 9.78 Å². The van der Waals surface area contributed by atoms with Gasteiger partial charge in [0.25, 0.3) is 0 Å². The number of hydrogen-bond donors (Lipinski definition) is 2. The van der Waals surface area contributed by atoms with E-state index in [9.17, 15) is 10.2 Å². The highest BCUT2D eigenvalue weighted by molar-refractivity contribution is 4.78. The van der Waals surface area contributed by atoms with Crippen molar-refractivity contribution in [3.63, 3.8) is 0 Å². The predicted octanol–water partition coefficient (Wildman–Crippen LogP) is 2.44. The van der Waals surface area contributed by atoms with E-state index < -0.39 is 22.4 Å². The van der Waals surface area contributed by atoms with Crippen molar-refractivity contribution < 1.29 is 20.0 Å². The Kier molecular flexibility index (Phi) is 4.21. The van der Waals surface area contributed by atoms with Crippen molar-refractivity contribution in [2.45, 2.75) is 67.0 Å². The fourth-order valence-corrected chi connectivity index (χ4v) is 0.412. The molecule has 0 bridgehead atoms. The molecule has 0 heterocycles. The molecule has 0 aliphatic carbocycles. The Bertz CT molecular complexity index is 204. The summed E-state index contributed by atoms with van der Waals surface area (Å²) in [6.07, 6.45) is 0. The summed E-state index contributed by atoms with van der Waals surface area (Å²) in [5.41, 5.74) is -1.03. The fraction of sp³-hybridized carbons (Fsp3) is 1.00. The average molecular weight is 234 g/mol. The summed E-state index contributed by atoms with van der Waals surface area (Å²) in [4.78, 5) is 9.98. The summed E-state index contributed by atoms with van der Waals surface area (Å²) in [5, 5.41) is 20.0. The zero-order valence-corrected chi connectivity index (χ0v) is 11.7. The molecule has 0 aliphatic heterocycles. The van der Waals surface area contributed by atoms with Crippen LogP contribution in [0.15, 0.2) is 0 Å². The van der Waals surface area contributed by atoms with Gasteiger partial charge in [-0.25, -0.2) is 0 Å². The Morgan fingerprint density at radius 1 is 0.562 bits per heavy atom. The second-order valence-corrected chi connectivity index (χ2v) is 6.63. The van der Waals surface area contributed by atoms with Crippen LogP contribution in [0.5, 0.6) is 0 Å². The second kappa shape index (κ2) is 4.26. The molecule has 16 heavy (non-hydrogen) atoms. The standard InChI is InChI=1S/C12H26O4/c1-9(2,3)11(7,13)15-16-12(8,14)10(4,5)6/h13-14H,1-8H3. The Morgan fingerprint density at radius 3 is 0.875 bits per heavy atom. The largest absolute Gasteiger partial charge is 0.363 e. The number of aliphatic hydroxyl groups is 2. The Labute approximate surface area is 98.5 Å². The molecule has 2 atom stereocenters. The van der Waals surface area contributed by atoms with Gasteiger partial charge in [-0.1, -0.05) is 41.5 Å². The van der Waals surface area contributed by atoms with E-state index in [1.807, 2.05) is 41.5 Å². The van der Waals surface area contributed by atoms with Gasteiger partial charge in [0.2, 0.25) is 11.6 Å². The molecule has 0 rings (SSSR count). The van der Waals surface area contributed by atoms with E-state index in [1.165, 1.54) is 13.8 Å². The molecular formula is C12H26O4. The Balaban J connectivity index is 4.59. The second-order valence-electron chi connectivity index (χ2n) is 6.63. The van der Waals surface area contributed by atoms with Gasteiger partial charge in [0, 0.05) is 10.8 Å². The van der Waals surface area contributed by atoms with Gasteiger partial charge in [-0.05, 0) is 13.8 Å². The van der Waals surface area contributed by atoms with E-state index in [-0.39, 0.29) is 0 Å². The third kappa shape index (κ3) is 3.70. The van der Waals surface area contributed by atoms with Crippen LogP contribution in [0, 0.1) is 10.8 Å². The third-order valence-corrected chi connectivity index (χ3v) is 3.15. The lowest BCUT2D eigenvalue weighted by molar-refractivity contribution is -0.516. The van der Waals surface area contributed by atoms with E-state index in [2.05, 4.69) is 0 Å². The summed E-state index contributed by atoms with van der Waals surface area (Å²) < 4.78 is 0. The van der Waals surface area contributed by atoms with Crippen LogP contribution in [0.1, 0.15) is 55.4 Å². The molecule has 0 aliphatic rings. The van der Waals surface area contributed by atoms with Crippen LogP contribution in [-0.4, -0.2) is 21.8 Å². The highest BCUT2D eigenvalue weighted by atomic mass is 17.2. The van der Waals surface area contributed by atoms with E-state index in [0.717, 1.165) is 0 Å². The first-order chi connectivity index (χ1) is 6.71. The first kappa shape index (κ1) is 15.8. The molecule has 0 amide bonds. The SMILES string of the molecule is CC(C)(C)C(C)(O)OOC(C)(O)C(C)(C)C. The average Bonchev–Trinajstić information content (AvgIpc) is 1.97. The first-order valence-electron chi connectivity index (χ1n) is 5.52. The fourth-order valence-electron chi connectivity index (χ4n) is 0.412. The van der Waals surface area contributed by atoms with Gasteiger partial charge in [0.05, 0.1) is 0 Å². The number of rotatable bonds is 3. The van der Waals surface area contributed by atoms with E-state index in [0.29, 0.717) is 0 Å². The van der Waals surface area contributed by atoms with Crippen LogP contribution in [0.3, 0.4) is 0 Å². The molecule has 0 fully saturated rings. The third-order valence-electron chi connectivity index (χ3n) is 3.15. The summed E-state index contributed by atoms with van der Waals surface area (Å²) in [6, 6.07) is 0. The number of hydrogen-bond acceptors (Lipinski definition) is 4. The smallest absolute Gasteiger partial charge is 0.201 e. The zero-order chi connectivity index (χ0) is 13.4. The van der Waals surface area contributed by atoms with Crippen LogP contribution in [0.2, 0.25) is 0 Å². The molecule has 98 valence electrons. The highest BCUT2D eigenvalue weighted by Crippen LogP contribution is 2.36. The molecule has 0 spiro atoms. The Hall–Kier alpha value is -0.160. The summed E-state index contributed by atoms with van der Waals surface area (Å²) >= 11 is 0. The highest BCUT2D eigenvalue weighted by Gasteiger charge is 2.43. The molecule has 4 nitrogen and oxygen atoms in total. The minimum Gasteiger partial charge on any atom is -0.363 e. The van der Waals surface area contributed by atoms with E-state index in [4.69, 9.17) is 9.78 Å². The van der Waals surface area contributed by atoms with Crippen molar-refractivity contribution in [2.75, 3.05) is 0 Å². The van der Waals surface area contributed by atoms with Crippen molar-refractivity contribution in [1.29, 1.82) is 0 Å². The summed E-state index contributed by atoms with van der Waals surface area (Å²) in [7, 11) is 0. The van der Waals surface area contributed by atoms with Crippen LogP contribution in [0.25, 0.3) is 0 Å². The topological polar surface area (TPSA) is 58.9 Å². The maximum atomic E-state index is 10.0. The molecule has 0 aromatic heterocycles. The molecule has 4 heteroatoms. The molecular weight excluding hydrogens is 208 g/mol. The van der Waals surface area contributed by atoms with E-state index in [1.54, 1.807) is 0 Å². The van der Waals surface area contributed by atoms with Crippen molar-refractivity contribution in [2.24, 2.45) is 10.8 Å². The van der Waals surface area contributed by atoms with Crippen molar-refractivity contribution >= 4 is 0 Å². The minimum absolute atomic E-state index is 0.513. The lowest BCUT2D eigenvalue weighted by Crippen LogP contribution is -2.49. The minimum atomic E-state index is -1.47. The first-order valence-corrected chi connectivity index (χ1v) is 5.52. The monoisotopic (exact) mass is 234 g/mol. The van der Waals surface area contributed by atoms with E-state index >= 15 is 0 Å². The van der Waals surface area contributed by atoms with Crippen LogP contribution in [0.4, 0.5) is 0 Å². The molecule has 2 N–H and O–H groups in total. The molecule has 0 saturated heterocycles. The van der Waals surface area contributed by atoms with Crippen molar-refractivity contribution in [3.8, 4) is 0 Å². The summed E-state index contributed by atoms with van der Waals surface area (Å²) in [6.45, 7) is 13.9. The van der Waals surface area contributed by atoms with Gasteiger partial charge < -0.3 is 10.2 Å². The lowest BCUT2D eigenvalue weighted by atomic mass is 9.86. The van der Waals surface area contributed by atoms with Gasteiger partial charge in [0.15, 0.2) is 0 Å². The molecule has 0 radical (unpaired) electrons. The van der Waals surface area contributed by atoms with Crippen LogP contribution >= 0.6 is 0 Å². The van der Waals surface area contributed by atoms with Gasteiger partial charge in [-0.2, -0.15) is 9.78 Å². The molecule has 0 saturated carbocycles. The van der Waals surface area contributed by atoms with Crippen molar-refractivity contribution in [1.82, 2.24) is 0 Å². The Morgan fingerprint density at radius 2 is 0.750 bits per heavy atom. The van der Waals surface area contributed by atoms with Gasteiger partial charge in [-0.3, -0.25) is 0 Å². The van der Waals surface area contributed by atoms with Gasteiger partial charge >= 0.3 is 0 Å². The van der Waals surface area contributed by atoms with Crippen LogP contribution < -0.4 is 0 Å². The predicted molar refractivity (Wildman–Crippen MR) is 62.3 cm³/mol. The maximum Gasteiger partial charge on any atom is 0.201 e. The van der Waals surface area contributed by atoms with Crippen molar-refractivity contribution in [3.05, 3.63) is 0 Å². The molecule has 0 aromatic carbocycles. The maximum absolute atomic E-state index is 10.0. The lowest BCUT2D eigenvalue weighted by Gasteiger charge is -2.40. The summed E-state index contributed by atoms with van der Waals surface area (Å²) in [5.74, 6) is -2.94.